The second-order valence-corrected chi connectivity index (χ2v) is 5.97. The van der Waals surface area contributed by atoms with Crippen LogP contribution in [0.15, 0.2) is 66.7 Å². The maximum atomic E-state index is 11.9. The van der Waals surface area contributed by atoms with Gasteiger partial charge in [-0.15, -0.1) is 0 Å². The van der Waals surface area contributed by atoms with Gasteiger partial charge in [0.25, 0.3) is 0 Å². The Labute approximate surface area is 145 Å². The molecule has 0 N–H and O–H groups in total. The lowest BCUT2D eigenvalue weighted by Gasteiger charge is -2.05. The molecule has 0 aliphatic heterocycles. The van der Waals surface area contributed by atoms with Crippen LogP contribution in [-0.4, -0.2) is 10.4 Å². The highest BCUT2D eigenvalue weighted by atomic mass is 127. The number of aryl methyl sites for hydroxylation is 1. The molecule has 0 aliphatic carbocycles. The van der Waals surface area contributed by atoms with Crippen LogP contribution < -0.4 is 4.74 Å². The molecule has 2 aromatic rings. The fourth-order valence-electron chi connectivity index (χ4n) is 2.01. The minimum Gasteiger partial charge on any atom is -0.423 e. The second kappa shape index (κ2) is 9.41. The molecule has 2 aromatic carbocycles. The van der Waals surface area contributed by atoms with Gasteiger partial charge in [-0.1, -0.05) is 65.1 Å². The van der Waals surface area contributed by atoms with Crippen molar-refractivity contribution in [3.63, 3.8) is 0 Å². The predicted molar refractivity (Wildman–Crippen MR) is 98.8 cm³/mol. The van der Waals surface area contributed by atoms with E-state index in [1.165, 1.54) is 5.56 Å². The van der Waals surface area contributed by atoms with Crippen molar-refractivity contribution < 1.29 is 9.53 Å². The first kappa shape index (κ1) is 16.7. The Morgan fingerprint density at radius 1 is 0.955 bits per heavy atom. The number of benzene rings is 2. The molecular formula is C19H19IO2. The van der Waals surface area contributed by atoms with Gasteiger partial charge >= 0.3 is 5.97 Å². The fraction of sp³-hybridized carbons (Fsp3) is 0.211. The van der Waals surface area contributed by atoms with Crippen LogP contribution in [0.25, 0.3) is 0 Å². The maximum Gasteiger partial charge on any atom is 0.343 e. The van der Waals surface area contributed by atoms with Gasteiger partial charge in [0.15, 0.2) is 0 Å². The third-order valence-corrected chi connectivity index (χ3v) is 3.81. The van der Waals surface area contributed by atoms with Gasteiger partial charge in [-0.2, -0.15) is 0 Å². The standard InChI is InChI=1S/C19H19IO2/c20-15-7-2-1-4-8-16-11-13-18(14-12-16)22-19(21)17-9-5-3-6-10-17/h1-3,5-6,9-14H,4,7-8,15H2. The molecule has 22 heavy (non-hydrogen) atoms. The quantitative estimate of drug-likeness (QED) is 0.207. The average Bonchev–Trinajstić information content (AvgIpc) is 2.57. The zero-order valence-corrected chi connectivity index (χ0v) is 14.5. The molecule has 0 unspecified atom stereocenters. The van der Waals surface area contributed by atoms with Gasteiger partial charge in [0.2, 0.25) is 0 Å². The number of alkyl halides is 1. The zero-order chi connectivity index (χ0) is 15.6. The Bertz CT molecular complexity index is 603. The molecule has 2 rings (SSSR count). The lowest BCUT2D eigenvalue weighted by molar-refractivity contribution is 0.0734. The van der Waals surface area contributed by atoms with Crippen molar-refractivity contribution in [2.45, 2.75) is 19.3 Å². The molecule has 0 heterocycles. The van der Waals surface area contributed by atoms with E-state index < -0.39 is 0 Å². The number of carbonyl (C=O) groups is 1. The van der Waals surface area contributed by atoms with E-state index >= 15 is 0 Å². The lowest BCUT2D eigenvalue weighted by atomic mass is 10.1. The minimum atomic E-state index is -0.324. The molecule has 2 nitrogen and oxygen atoms in total. The molecule has 3 heteroatoms. The highest BCUT2D eigenvalue weighted by Gasteiger charge is 2.07. The normalized spacial score (nSPS) is 10.8. The maximum absolute atomic E-state index is 11.9. The van der Waals surface area contributed by atoms with E-state index in [4.69, 9.17) is 4.74 Å². The van der Waals surface area contributed by atoms with Gasteiger partial charge < -0.3 is 4.74 Å². The molecule has 0 amide bonds. The molecule has 0 fully saturated rings. The highest BCUT2D eigenvalue weighted by molar-refractivity contribution is 14.1. The third-order valence-electron chi connectivity index (χ3n) is 3.19. The summed E-state index contributed by atoms with van der Waals surface area (Å²) in [6, 6.07) is 16.8. The summed E-state index contributed by atoms with van der Waals surface area (Å²) >= 11 is 2.38. The largest absolute Gasteiger partial charge is 0.423 e. The van der Waals surface area contributed by atoms with E-state index in [1.54, 1.807) is 12.1 Å². The van der Waals surface area contributed by atoms with Gasteiger partial charge in [-0.25, -0.2) is 4.79 Å². The van der Waals surface area contributed by atoms with Gasteiger partial charge in [0.1, 0.15) is 5.75 Å². The summed E-state index contributed by atoms with van der Waals surface area (Å²) in [5.41, 5.74) is 1.81. The number of hydrogen-bond acceptors (Lipinski definition) is 2. The lowest BCUT2D eigenvalue weighted by Crippen LogP contribution is -2.08. The molecule has 0 saturated carbocycles. The number of esters is 1. The molecule has 0 spiro atoms. The van der Waals surface area contributed by atoms with Crippen LogP contribution in [0.3, 0.4) is 0 Å². The summed E-state index contributed by atoms with van der Waals surface area (Å²) in [7, 11) is 0. The summed E-state index contributed by atoms with van der Waals surface area (Å²) in [5.74, 6) is 0.258. The van der Waals surface area contributed by atoms with Crippen LogP contribution in [0, 0.1) is 0 Å². The van der Waals surface area contributed by atoms with E-state index in [2.05, 4.69) is 34.7 Å². The number of halogens is 1. The molecule has 0 radical (unpaired) electrons. The highest BCUT2D eigenvalue weighted by Crippen LogP contribution is 2.15. The Hall–Kier alpha value is -1.62. The molecule has 0 bridgehead atoms. The average molecular weight is 406 g/mol. The van der Waals surface area contributed by atoms with Gasteiger partial charge in [0.05, 0.1) is 5.56 Å². The monoisotopic (exact) mass is 406 g/mol. The molecular weight excluding hydrogens is 387 g/mol. The Morgan fingerprint density at radius 2 is 1.64 bits per heavy atom. The predicted octanol–water partition coefficient (Wildman–Crippen LogP) is 5.22. The van der Waals surface area contributed by atoms with Crippen molar-refractivity contribution >= 4 is 28.6 Å². The minimum absolute atomic E-state index is 0.324. The number of carbonyl (C=O) groups excluding carboxylic acids is 1. The number of allylic oxidation sites excluding steroid dienone is 2. The van der Waals surface area contributed by atoms with E-state index in [1.807, 2.05) is 42.5 Å². The van der Waals surface area contributed by atoms with Gasteiger partial charge in [-0.3, -0.25) is 0 Å². The van der Waals surface area contributed by atoms with Crippen LogP contribution in [0.4, 0.5) is 0 Å². The Balaban J connectivity index is 1.85. The van der Waals surface area contributed by atoms with Crippen molar-refractivity contribution in [3.8, 4) is 5.75 Å². The van der Waals surface area contributed by atoms with Crippen molar-refractivity contribution in [1.29, 1.82) is 0 Å². The SMILES string of the molecule is O=C(Oc1ccc(CCC=CCCI)cc1)c1ccccc1. The van der Waals surface area contributed by atoms with Crippen LogP contribution in [0.5, 0.6) is 5.75 Å². The van der Waals surface area contributed by atoms with Gasteiger partial charge in [0, 0.05) is 4.43 Å². The zero-order valence-electron chi connectivity index (χ0n) is 12.4. The number of hydrogen-bond donors (Lipinski definition) is 0. The summed E-state index contributed by atoms with van der Waals surface area (Å²) in [6.07, 6.45) is 7.63. The van der Waals surface area contributed by atoms with Crippen LogP contribution in [-0.2, 0) is 6.42 Å². The van der Waals surface area contributed by atoms with Gasteiger partial charge in [-0.05, 0) is 49.1 Å². The summed E-state index contributed by atoms with van der Waals surface area (Å²) in [5, 5.41) is 0. The van der Waals surface area contributed by atoms with Crippen molar-refractivity contribution in [1.82, 2.24) is 0 Å². The molecule has 0 atom stereocenters. The van der Waals surface area contributed by atoms with Crippen molar-refractivity contribution in [2.24, 2.45) is 0 Å². The molecule has 0 saturated heterocycles. The van der Waals surface area contributed by atoms with E-state index in [-0.39, 0.29) is 5.97 Å². The van der Waals surface area contributed by atoms with Crippen LogP contribution in [0.2, 0.25) is 0 Å². The summed E-state index contributed by atoms with van der Waals surface area (Å²) in [6.45, 7) is 0. The first-order valence-electron chi connectivity index (χ1n) is 7.37. The first-order chi connectivity index (χ1) is 10.8. The molecule has 114 valence electrons. The summed E-state index contributed by atoms with van der Waals surface area (Å²) in [4.78, 5) is 11.9. The third kappa shape index (κ3) is 5.64. The second-order valence-electron chi connectivity index (χ2n) is 4.89. The smallest absolute Gasteiger partial charge is 0.343 e. The summed E-state index contributed by atoms with van der Waals surface area (Å²) < 4.78 is 6.52. The number of ether oxygens (including phenoxy) is 1. The molecule has 0 aliphatic rings. The van der Waals surface area contributed by atoms with E-state index in [0.29, 0.717) is 11.3 Å². The molecule has 0 aromatic heterocycles. The van der Waals surface area contributed by atoms with Crippen molar-refractivity contribution in [2.75, 3.05) is 4.43 Å². The van der Waals surface area contributed by atoms with Crippen LogP contribution in [0.1, 0.15) is 28.8 Å². The fourth-order valence-corrected chi connectivity index (χ4v) is 2.37. The number of rotatable bonds is 7. The first-order valence-corrected chi connectivity index (χ1v) is 8.89. The Morgan fingerprint density at radius 3 is 2.32 bits per heavy atom. The topological polar surface area (TPSA) is 26.3 Å². The van der Waals surface area contributed by atoms with E-state index in [9.17, 15) is 4.79 Å². The van der Waals surface area contributed by atoms with E-state index in [0.717, 1.165) is 23.7 Å². The Kier molecular flexibility index (Phi) is 7.16. The van der Waals surface area contributed by atoms with Crippen molar-refractivity contribution in [3.05, 3.63) is 77.9 Å². The van der Waals surface area contributed by atoms with Crippen LogP contribution >= 0.6 is 22.6 Å².